The Morgan fingerprint density at radius 3 is 2.60 bits per heavy atom. The van der Waals surface area contributed by atoms with Crippen molar-refractivity contribution in [2.75, 3.05) is 0 Å². The van der Waals surface area contributed by atoms with Gasteiger partial charge in [-0.25, -0.2) is 4.84 Å². The van der Waals surface area contributed by atoms with Gasteiger partial charge in [-0.2, -0.15) is 0 Å². The second-order valence-electron chi connectivity index (χ2n) is 4.69. The van der Waals surface area contributed by atoms with Crippen molar-refractivity contribution < 1.29 is 9.94 Å². The molecular weight excluding hydrogens is 320 g/mol. The van der Waals surface area contributed by atoms with Crippen molar-refractivity contribution in [3.05, 3.63) is 64.4 Å². The molecule has 0 bridgehead atoms. The summed E-state index contributed by atoms with van der Waals surface area (Å²) in [6, 6.07) is 11.5. The molecule has 0 aliphatic carbocycles. The topological polar surface area (TPSA) is 54.4 Å². The van der Waals surface area contributed by atoms with Gasteiger partial charge in [0.25, 0.3) is 0 Å². The van der Waals surface area contributed by atoms with Crippen LogP contribution in [0, 0.1) is 0 Å². The predicted molar refractivity (Wildman–Crippen MR) is 80.0 cm³/mol. The van der Waals surface area contributed by atoms with Crippen LogP contribution in [0.5, 0.6) is 0 Å². The molecule has 1 aliphatic rings. The lowest BCUT2D eigenvalue weighted by Gasteiger charge is -2.18. The van der Waals surface area contributed by atoms with E-state index < -0.39 is 5.79 Å². The zero-order chi connectivity index (χ0) is 14.2. The van der Waals surface area contributed by atoms with Crippen LogP contribution in [0.4, 0.5) is 0 Å². The van der Waals surface area contributed by atoms with Gasteiger partial charge in [0.05, 0.1) is 5.70 Å². The van der Waals surface area contributed by atoms with E-state index in [4.69, 9.17) is 4.84 Å². The van der Waals surface area contributed by atoms with Crippen LogP contribution in [0.2, 0.25) is 0 Å². The smallest absolute Gasteiger partial charge is 0.217 e. The summed E-state index contributed by atoms with van der Waals surface area (Å²) in [7, 11) is 0. The lowest BCUT2D eigenvalue weighted by Crippen LogP contribution is -2.27. The van der Waals surface area contributed by atoms with Gasteiger partial charge in [-0.3, -0.25) is 10.5 Å². The monoisotopic (exact) mass is 332 g/mol. The second kappa shape index (κ2) is 5.01. The van der Waals surface area contributed by atoms with E-state index in [1.54, 1.807) is 19.3 Å². The Labute approximate surface area is 125 Å². The molecule has 1 unspecified atom stereocenters. The first-order valence-corrected chi connectivity index (χ1v) is 6.95. The van der Waals surface area contributed by atoms with E-state index in [2.05, 4.69) is 26.4 Å². The molecule has 2 heterocycles. The SMILES string of the molecule is CC1(O)ONC(c2cccnc2)=C1c1ccc(Br)cc1. The maximum absolute atomic E-state index is 10.4. The highest BCUT2D eigenvalue weighted by Crippen LogP contribution is 2.38. The number of aromatic nitrogens is 1. The van der Waals surface area contributed by atoms with Crippen molar-refractivity contribution in [1.82, 2.24) is 10.5 Å². The zero-order valence-electron chi connectivity index (χ0n) is 10.8. The Balaban J connectivity index is 2.17. The van der Waals surface area contributed by atoms with Crippen LogP contribution in [0.15, 0.2) is 53.3 Å². The summed E-state index contributed by atoms with van der Waals surface area (Å²) in [4.78, 5) is 9.40. The van der Waals surface area contributed by atoms with Crippen LogP contribution in [0.25, 0.3) is 11.3 Å². The van der Waals surface area contributed by atoms with Crippen LogP contribution in [0.3, 0.4) is 0 Å². The Bertz CT molecular complexity index is 651. The number of aliphatic hydroxyl groups is 1. The minimum Gasteiger partial charge on any atom is -0.360 e. The van der Waals surface area contributed by atoms with Crippen LogP contribution >= 0.6 is 15.9 Å². The van der Waals surface area contributed by atoms with Crippen molar-refractivity contribution in [2.45, 2.75) is 12.7 Å². The first-order chi connectivity index (χ1) is 9.58. The molecule has 1 aliphatic heterocycles. The molecule has 2 aromatic rings. The number of hydrogen-bond acceptors (Lipinski definition) is 4. The molecular formula is C15H13BrN2O2. The molecule has 1 aromatic carbocycles. The molecule has 102 valence electrons. The van der Waals surface area contributed by atoms with E-state index in [1.165, 1.54) is 0 Å². The number of hydrogen-bond donors (Lipinski definition) is 2. The molecule has 0 saturated carbocycles. The highest BCUT2D eigenvalue weighted by atomic mass is 79.9. The molecule has 5 heteroatoms. The van der Waals surface area contributed by atoms with E-state index in [0.29, 0.717) is 5.57 Å². The third kappa shape index (κ3) is 2.35. The van der Waals surface area contributed by atoms with Crippen molar-refractivity contribution >= 4 is 27.2 Å². The van der Waals surface area contributed by atoms with Gasteiger partial charge in [0.1, 0.15) is 0 Å². The maximum Gasteiger partial charge on any atom is 0.217 e. The Kier molecular flexibility index (Phi) is 3.33. The molecule has 0 radical (unpaired) electrons. The average molecular weight is 333 g/mol. The summed E-state index contributed by atoms with van der Waals surface area (Å²) in [5.74, 6) is -1.39. The highest BCUT2D eigenvalue weighted by molar-refractivity contribution is 9.10. The molecule has 0 spiro atoms. The van der Waals surface area contributed by atoms with E-state index in [0.717, 1.165) is 21.3 Å². The highest BCUT2D eigenvalue weighted by Gasteiger charge is 2.38. The average Bonchev–Trinajstić information content (AvgIpc) is 2.76. The fourth-order valence-electron chi connectivity index (χ4n) is 2.23. The normalized spacial score (nSPS) is 21.9. The van der Waals surface area contributed by atoms with Crippen LogP contribution in [0.1, 0.15) is 18.1 Å². The van der Waals surface area contributed by atoms with Gasteiger partial charge in [0, 0.05) is 28.0 Å². The largest absolute Gasteiger partial charge is 0.360 e. The second-order valence-corrected chi connectivity index (χ2v) is 5.60. The summed E-state index contributed by atoms with van der Waals surface area (Å²) < 4.78 is 0.983. The molecule has 2 N–H and O–H groups in total. The van der Waals surface area contributed by atoms with Crippen LogP contribution < -0.4 is 5.48 Å². The van der Waals surface area contributed by atoms with Crippen LogP contribution in [-0.4, -0.2) is 15.9 Å². The fourth-order valence-corrected chi connectivity index (χ4v) is 2.49. The zero-order valence-corrected chi connectivity index (χ0v) is 12.4. The van der Waals surface area contributed by atoms with Crippen molar-refractivity contribution in [3.63, 3.8) is 0 Å². The van der Waals surface area contributed by atoms with Gasteiger partial charge in [-0.15, -0.1) is 0 Å². The fraction of sp³-hybridized carbons (Fsp3) is 0.133. The third-order valence-electron chi connectivity index (χ3n) is 3.15. The summed E-state index contributed by atoms with van der Waals surface area (Å²) in [5, 5.41) is 10.4. The van der Waals surface area contributed by atoms with E-state index >= 15 is 0 Å². The summed E-state index contributed by atoms with van der Waals surface area (Å²) in [6.07, 6.45) is 3.43. The third-order valence-corrected chi connectivity index (χ3v) is 3.68. The molecule has 3 rings (SSSR count). The molecule has 1 aromatic heterocycles. The van der Waals surface area contributed by atoms with Crippen LogP contribution in [-0.2, 0) is 4.84 Å². The van der Waals surface area contributed by atoms with Gasteiger partial charge in [-0.05, 0) is 36.8 Å². The molecule has 20 heavy (non-hydrogen) atoms. The molecule has 4 nitrogen and oxygen atoms in total. The number of pyridine rings is 1. The summed E-state index contributed by atoms with van der Waals surface area (Å²) in [5.41, 5.74) is 5.98. The number of benzene rings is 1. The Morgan fingerprint density at radius 1 is 1.20 bits per heavy atom. The lowest BCUT2D eigenvalue weighted by atomic mass is 9.95. The number of halogens is 1. The van der Waals surface area contributed by atoms with E-state index in [-0.39, 0.29) is 0 Å². The van der Waals surface area contributed by atoms with Crippen molar-refractivity contribution in [2.24, 2.45) is 0 Å². The molecule has 0 fully saturated rings. The van der Waals surface area contributed by atoms with Gasteiger partial charge in [-0.1, -0.05) is 28.1 Å². The maximum atomic E-state index is 10.4. The summed E-state index contributed by atoms with van der Waals surface area (Å²) >= 11 is 3.41. The van der Waals surface area contributed by atoms with Gasteiger partial charge in [0.15, 0.2) is 0 Å². The molecule has 1 atom stereocenters. The van der Waals surface area contributed by atoms with Crippen molar-refractivity contribution in [3.8, 4) is 0 Å². The number of hydroxylamine groups is 1. The standard InChI is InChI=1S/C15H13BrN2O2/c1-15(19)13(10-4-6-12(16)7-5-10)14(18-20-15)11-3-2-8-17-9-11/h2-9,18-19H,1H3. The molecule has 0 saturated heterocycles. The number of nitrogens with one attached hydrogen (secondary N) is 1. The predicted octanol–water partition coefficient (Wildman–Crippen LogP) is 2.96. The Hall–Kier alpha value is -1.69. The van der Waals surface area contributed by atoms with Gasteiger partial charge in [0.2, 0.25) is 5.79 Å². The van der Waals surface area contributed by atoms with E-state index in [9.17, 15) is 5.11 Å². The number of nitrogens with zero attached hydrogens (tertiary/aromatic N) is 1. The summed E-state index contributed by atoms with van der Waals surface area (Å²) in [6.45, 7) is 1.61. The van der Waals surface area contributed by atoms with Gasteiger partial charge < -0.3 is 5.11 Å². The minimum atomic E-state index is -1.39. The van der Waals surface area contributed by atoms with E-state index in [1.807, 2.05) is 36.4 Å². The molecule has 0 amide bonds. The quantitative estimate of drug-likeness (QED) is 0.887. The lowest BCUT2D eigenvalue weighted by molar-refractivity contribution is -0.160. The minimum absolute atomic E-state index is 0.693. The van der Waals surface area contributed by atoms with Gasteiger partial charge >= 0.3 is 0 Å². The first-order valence-electron chi connectivity index (χ1n) is 6.15. The Morgan fingerprint density at radius 2 is 1.95 bits per heavy atom. The first kappa shape index (κ1) is 13.3. The number of rotatable bonds is 2. The van der Waals surface area contributed by atoms with Crippen molar-refractivity contribution in [1.29, 1.82) is 0 Å².